The fourth-order valence-corrected chi connectivity index (χ4v) is 1.69. The summed E-state index contributed by atoms with van der Waals surface area (Å²) in [6.45, 7) is 9.97. The van der Waals surface area contributed by atoms with Crippen LogP contribution in [0.25, 0.3) is 0 Å². The molecule has 0 atom stereocenters. The SMILES string of the molecule is C=C(C)CCOCCCCCCCCCC. The molecule has 16 heavy (non-hydrogen) atoms. The first-order valence-corrected chi connectivity index (χ1v) is 6.99. The highest BCUT2D eigenvalue weighted by Crippen LogP contribution is 2.08. The molecule has 0 rings (SSSR count). The summed E-state index contributed by atoms with van der Waals surface area (Å²) in [5.41, 5.74) is 1.22. The maximum absolute atomic E-state index is 5.53. The van der Waals surface area contributed by atoms with E-state index in [0.29, 0.717) is 0 Å². The Kier molecular flexibility index (Phi) is 12.5. The van der Waals surface area contributed by atoms with Crippen LogP contribution in [0.15, 0.2) is 12.2 Å². The molecular weight excluding hydrogens is 196 g/mol. The van der Waals surface area contributed by atoms with Crippen LogP contribution in [-0.4, -0.2) is 13.2 Å². The zero-order valence-corrected chi connectivity index (χ0v) is 11.4. The standard InChI is InChI=1S/C15H30O/c1-4-5-6-7-8-9-10-11-13-16-14-12-15(2)3/h2,4-14H2,1,3H3. The molecule has 0 amide bonds. The first-order chi connectivity index (χ1) is 7.77. The summed E-state index contributed by atoms with van der Waals surface area (Å²) in [4.78, 5) is 0. The number of unbranched alkanes of at least 4 members (excludes halogenated alkanes) is 7. The van der Waals surface area contributed by atoms with Crippen LogP contribution in [0.1, 0.15) is 71.6 Å². The lowest BCUT2D eigenvalue weighted by molar-refractivity contribution is 0.133. The van der Waals surface area contributed by atoms with Crippen molar-refractivity contribution in [1.82, 2.24) is 0 Å². The van der Waals surface area contributed by atoms with Gasteiger partial charge >= 0.3 is 0 Å². The van der Waals surface area contributed by atoms with Gasteiger partial charge in [0.15, 0.2) is 0 Å². The Labute approximate surface area is 102 Å². The number of hydrogen-bond donors (Lipinski definition) is 0. The van der Waals surface area contributed by atoms with Gasteiger partial charge < -0.3 is 4.74 Å². The summed E-state index contributed by atoms with van der Waals surface area (Å²) in [6.07, 6.45) is 12.0. The van der Waals surface area contributed by atoms with Crippen molar-refractivity contribution in [2.24, 2.45) is 0 Å². The molecule has 0 N–H and O–H groups in total. The van der Waals surface area contributed by atoms with Crippen LogP contribution in [0.4, 0.5) is 0 Å². The van der Waals surface area contributed by atoms with E-state index < -0.39 is 0 Å². The first-order valence-electron chi connectivity index (χ1n) is 6.99. The fourth-order valence-electron chi connectivity index (χ4n) is 1.69. The van der Waals surface area contributed by atoms with Crippen LogP contribution in [0.3, 0.4) is 0 Å². The van der Waals surface area contributed by atoms with E-state index in [-0.39, 0.29) is 0 Å². The van der Waals surface area contributed by atoms with E-state index in [9.17, 15) is 0 Å². The summed E-state index contributed by atoms with van der Waals surface area (Å²) in [6, 6.07) is 0. The molecule has 0 aliphatic rings. The molecule has 96 valence electrons. The average molecular weight is 226 g/mol. The van der Waals surface area contributed by atoms with Crippen LogP contribution in [0, 0.1) is 0 Å². The van der Waals surface area contributed by atoms with Crippen LogP contribution >= 0.6 is 0 Å². The van der Waals surface area contributed by atoms with E-state index in [1.807, 2.05) is 0 Å². The predicted octanol–water partition coefficient (Wildman–Crippen LogP) is 5.11. The molecule has 0 fully saturated rings. The smallest absolute Gasteiger partial charge is 0.0502 e. The highest BCUT2D eigenvalue weighted by atomic mass is 16.5. The molecule has 1 heteroatoms. The predicted molar refractivity (Wildman–Crippen MR) is 72.9 cm³/mol. The Morgan fingerprint density at radius 1 is 0.875 bits per heavy atom. The van der Waals surface area contributed by atoms with Gasteiger partial charge in [-0.05, 0) is 19.8 Å². The van der Waals surface area contributed by atoms with Crippen molar-refractivity contribution >= 4 is 0 Å². The minimum atomic E-state index is 0.853. The van der Waals surface area contributed by atoms with E-state index in [2.05, 4.69) is 20.4 Å². The Hall–Kier alpha value is -0.300. The van der Waals surface area contributed by atoms with Crippen molar-refractivity contribution in [3.05, 3.63) is 12.2 Å². The molecule has 1 nitrogen and oxygen atoms in total. The van der Waals surface area contributed by atoms with Gasteiger partial charge in [-0.25, -0.2) is 0 Å². The summed E-state index contributed by atoms with van der Waals surface area (Å²) in [7, 11) is 0. The third-order valence-corrected chi connectivity index (χ3v) is 2.82. The Morgan fingerprint density at radius 3 is 2.00 bits per heavy atom. The van der Waals surface area contributed by atoms with Gasteiger partial charge in [0.05, 0.1) is 6.61 Å². The molecule has 0 heterocycles. The van der Waals surface area contributed by atoms with Gasteiger partial charge in [-0.2, -0.15) is 0 Å². The lowest BCUT2D eigenvalue weighted by Crippen LogP contribution is -1.97. The van der Waals surface area contributed by atoms with Gasteiger partial charge in [0.2, 0.25) is 0 Å². The van der Waals surface area contributed by atoms with Gasteiger partial charge in [0, 0.05) is 6.61 Å². The van der Waals surface area contributed by atoms with Gasteiger partial charge in [-0.15, -0.1) is 6.58 Å². The second-order valence-corrected chi connectivity index (χ2v) is 4.79. The second kappa shape index (κ2) is 12.8. The van der Waals surface area contributed by atoms with Crippen LogP contribution in [0.5, 0.6) is 0 Å². The molecule has 0 radical (unpaired) electrons. The highest BCUT2D eigenvalue weighted by Gasteiger charge is 1.92. The zero-order valence-electron chi connectivity index (χ0n) is 11.4. The minimum absolute atomic E-state index is 0.853. The van der Waals surface area contributed by atoms with E-state index in [1.165, 1.54) is 56.9 Å². The maximum atomic E-state index is 5.53. The maximum Gasteiger partial charge on any atom is 0.0502 e. The molecule has 0 saturated heterocycles. The summed E-state index contributed by atoms with van der Waals surface area (Å²) in [5, 5.41) is 0. The summed E-state index contributed by atoms with van der Waals surface area (Å²) >= 11 is 0. The lowest BCUT2D eigenvalue weighted by Gasteiger charge is -2.04. The quantitative estimate of drug-likeness (QED) is 0.332. The Morgan fingerprint density at radius 2 is 1.44 bits per heavy atom. The number of rotatable bonds is 12. The van der Waals surface area contributed by atoms with Crippen molar-refractivity contribution in [3.63, 3.8) is 0 Å². The summed E-state index contributed by atoms with van der Waals surface area (Å²) in [5.74, 6) is 0. The van der Waals surface area contributed by atoms with Gasteiger partial charge in [0.25, 0.3) is 0 Å². The molecule has 0 aliphatic heterocycles. The van der Waals surface area contributed by atoms with Crippen molar-refractivity contribution in [2.75, 3.05) is 13.2 Å². The van der Waals surface area contributed by atoms with Gasteiger partial charge in [-0.3, -0.25) is 0 Å². The first kappa shape index (κ1) is 15.7. The third kappa shape index (κ3) is 13.7. The molecule has 0 aromatic heterocycles. The third-order valence-electron chi connectivity index (χ3n) is 2.82. The normalized spacial score (nSPS) is 10.6. The zero-order chi connectivity index (χ0) is 12.1. The fraction of sp³-hybridized carbons (Fsp3) is 0.867. The number of hydrogen-bond acceptors (Lipinski definition) is 1. The van der Waals surface area contributed by atoms with Crippen LogP contribution < -0.4 is 0 Å². The molecule has 0 unspecified atom stereocenters. The molecule has 0 aromatic rings. The van der Waals surface area contributed by atoms with E-state index in [1.54, 1.807) is 0 Å². The van der Waals surface area contributed by atoms with Crippen molar-refractivity contribution < 1.29 is 4.74 Å². The van der Waals surface area contributed by atoms with Crippen molar-refractivity contribution in [2.45, 2.75) is 71.6 Å². The topological polar surface area (TPSA) is 9.23 Å². The molecule has 0 bridgehead atoms. The largest absolute Gasteiger partial charge is 0.381 e. The number of ether oxygens (including phenoxy) is 1. The van der Waals surface area contributed by atoms with Crippen molar-refractivity contribution in [3.8, 4) is 0 Å². The molecular formula is C15H30O. The molecule has 0 aliphatic carbocycles. The minimum Gasteiger partial charge on any atom is -0.381 e. The van der Waals surface area contributed by atoms with E-state index in [4.69, 9.17) is 4.74 Å². The highest BCUT2D eigenvalue weighted by molar-refractivity contribution is 4.86. The Balaban J connectivity index is 2.90. The van der Waals surface area contributed by atoms with Gasteiger partial charge in [0.1, 0.15) is 0 Å². The van der Waals surface area contributed by atoms with Crippen molar-refractivity contribution in [1.29, 1.82) is 0 Å². The monoisotopic (exact) mass is 226 g/mol. The Bertz CT molecular complexity index is 152. The van der Waals surface area contributed by atoms with Gasteiger partial charge in [-0.1, -0.05) is 57.4 Å². The molecule has 0 saturated carbocycles. The second-order valence-electron chi connectivity index (χ2n) is 4.79. The van der Waals surface area contributed by atoms with Crippen LogP contribution in [-0.2, 0) is 4.74 Å². The summed E-state index contributed by atoms with van der Waals surface area (Å²) < 4.78 is 5.53. The van der Waals surface area contributed by atoms with Crippen LogP contribution in [0.2, 0.25) is 0 Å². The molecule has 0 aromatic carbocycles. The average Bonchev–Trinajstić information content (AvgIpc) is 2.25. The molecule has 0 spiro atoms. The lowest BCUT2D eigenvalue weighted by atomic mass is 10.1. The van der Waals surface area contributed by atoms with E-state index >= 15 is 0 Å². The van der Waals surface area contributed by atoms with E-state index in [0.717, 1.165) is 19.6 Å².